The van der Waals surface area contributed by atoms with Gasteiger partial charge in [0, 0.05) is 18.8 Å². The molecule has 3 aromatic rings. The molecule has 1 fully saturated rings. The Hall–Kier alpha value is -3.09. The standard InChI is InChI=1S/C20H20N4O3/c1-12-4-2-3-9-24(12)20-22-18-17(19(25)23-20)14(7-8-21-18)13-5-6-15-16(10-13)27-11-26-15/h5-8,10,12H,2-4,9,11H2,1H3,(H,21,22,23,25). The molecule has 2 aromatic heterocycles. The number of pyridine rings is 1. The Labute approximate surface area is 156 Å². The van der Waals surface area contributed by atoms with E-state index in [0.29, 0.717) is 34.5 Å². The van der Waals surface area contributed by atoms with Crippen molar-refractivity contribution in [3.8, 4) is 22.6 Å². The number of benzene rings is 1. The van der Waals surface area contributed by atoms with E-state index in [1.807, 2.05) is 24.3 Å². The van der Waals surface area contributed by atoms with E-state index in [1.165, 1.54) is 6.42 Å². The average Bonchev–Trinajstić information content (AvgIpc) is 3.15. The van der Waals surface area contributed by atoms with E-state index in [4.69, 9.17) is 9.47 Å². The van der Waals surface area contributed by atoms with Gasteiger partial charge in [-0.15, -0.1) is 0 Å². The fraction of sp³-hybridized carbons (Fsp3) is 0.350. The van der Waals surface area contributed by atoms with Crippen molar-refractivity contribution in [3.63, 3.8) is 0 Å². The Bertz CT molecular complexity index is 1080. The highest BCUT2D eigenvalue weighted by atomic mass is 16.7. The number of hydrogen-bond acceptors (Lipinski definition) is 6. The molecule has 0 amide bonds. The predicted octanol–water partition coefficient (Wildman–Crippen LogP) is 3.09. The minimum Gasteiger partial charge on any atom is -0.454 e. The quantitative estimate of drug-likeness (QED) is 0.753. The van der Waals surface area contributed by atoms with Crippen LogP contribution in [0.15, 0.2) is 35.3 Å². The van der Waals surface area contributed by atoms with Crippen molar-refractivity contribution in [2.45, 2.75) is 32.2 Å². The number of anilines is 1. The smallest absolute Gasteiger partial charge is 0.262 e. The largest absolute Gasteiger partial charge is 0.454 e. The first-order chi connectivity index (χ1) is 13.2. The molecule has 1 atom stereocenters. The second kappa shape index (κ2) is 6.26. The van der Waals surface area contributed by atoms with E-state index in [9.17, 15) is 4.79 Å². The summed E-state index contributed by atoms with van der Waals surface area (Å²) in [6, 6.07) is 7.85. The van der Waals surface area contributed by atoms with Crippen LogP contribution in [0, 0.1) is 0 Å². The summed E-state index contributed by atoms with van der Waals surface area (Å²) in [6.07, 6.45) is 5.11. The van der Waals surface area contributed by atoms with Gasteiger partial charge in [-0.2, -0.15) is 4.98 Å². The Balaban J connectivity index is 1.64. The van der Waals surface area contributed by atoms with Crippen LogP contribution in [0.25, 0.3) is 22.2 Å². The average molecular weight is 364 g/mol. The number of aromatic amines is 1. The van der Waals surface area contributed by atoms with E-state index in [2.05, 4.69) is 26.8 Å². The minimum absolute atomic E-state index is 0.173. The first-order valence-corrected chi connectivity index (χ1v) is 9.26. The minimum atomic E-state index is -0.173. The van der Waals surface area contributed by atoms with Crippen LogP contribution in [-0.4, -0.2) is 34.3 Å². The number of aromatic nitrogens is 3. The zero-order chi connectivity index (χ0) is 18.4. The lowest BCUT2D eigenvalue weighted by Crippen LogP contribution is -2.39. The maximum absolute atomic E-state index is 13.0. The summed E-state index contributed by atoms with van der Waals surface area (Å²) < 4.78 is 10.8. The van der Waals surface area contributed by atoms with Gasteiger partial charge in [0.2, 0.25) is 12.7 Å². The maximum Gasteiger partial charge on any atom is 0.262 e. The molecule has 1 saturated heterocycles. The topological polar surface area (TPSA) is 80.3 Å². The van der Waals surface area contributed by atoms with E-state index < -0.39 is 0 Å². The number of nitrogens with zero attached hydrogens (tertiary/aromatic N) is 3. The third-order valence-electron chi connectivity index (χ3n) is 5.35. The van der Waals surface area contributed by atoms with Crippen LogP contribution in [0.4, 0.5) is 5.95 Å². The Morgan fingerprint density at radius 1 is 1.19 bits per heavy atom. The summed E-state index contributed by atoms with van der Waals surface area (Å²) >= 11 is 0. The molecule has 4 heterocycles. The highest BCUT2D eigenvalue weighted by Gasteiger charge is 2.22. The second-order valence-electron chi connectivity index (χ2n) is 7.05. The fourth-order valence-corrected chi connectivity index (χ4v) is 3.91. The number of nitrogens with one attached hydrogen (secondary N) is 1. The van der Waals surface area contributed by atoms with Crippen molar-refractivity contribution in [1.29, 1.82) is 0 Å². The molecule has 2 aliphatic heterocycles. The van der Waals surface area contributed by atoms with Crippen LogP contribution in [0.5, 0.6) is 11.5 Å². The monoisotopic (exact) mass is 364 g/mol. The van der Waals surface area contributed by atoms with Crippen LogP contribution in [0.3, 0.4) is 0 Å². The second-order valence-corrected chi connectivity index (χ2v) is 7.05. The van der Waals surface area contributed by atoms with Gasteiger partial charge in [-0.25, -0.2) is 4.98 Å². The molecular formula is C20H20N4O3. The number of ether oxygens (including phenoxy) is 2. The molecule has 1 aromatic carbocycles. The van der Waals surface area contributed by atoms with Crippen LogP contribution in [-0.2, 0) is 0 Å². The molecule has 0 bridgehead atoms. The van der Waals surface area contributed by atoms with Gasteiger partial charge in [0.15, 0.2) is 17.1 Å². The van der Waals surface area contributed by atoms with Gasteiger partial charge >= 0.3 is 0 Å². The molecule has 27 heavy (non-hydrogen) atoms. The lowest BCUT2D eigenvalue weighted by Gasteiger charge is -2.33. The van der Waals surface area contributed by atoms with Gasteiger partial charge < -0.3 is 14.4 Å². The molecular weight excluding hydrogens is 344 g/mol. The molecule has 7 nitrogen and oxygen atoms in total. The van der Waals surface area contributed by atoms with Gasteiger partial charge in [0.05, 0.1) is 5.39 Å². The van der Waals surface area contributed by atoms with Crippen LogP contribution in [0.2, 0.25) is 0 Å². The third kappa shape index (κ3) is 2.70. The van der Waals surface area contributed by atoms with Gasteiger partial charge in [-0.1, -0.05) is 6.07 Å². The summed E-state index contributed by atoms with van der Waals surface area (Å²) in [5, 5.41) is 0.491. The molecule has 2 aliphatic rings. The number of piperidine rings is 1. The first-order valence-electron chi connectivity index (χ1n) is 9.26. The lowest BCUT2D eigenvalue weighted by atomic mass is 10.0. The molecule has 5 rings (SSSR count). The molecule has 0 aliphatic carbocycles. The van der Waals surface area contributed by atoms with Crippen molar-refractivity contribution in [2.24, 2.45) is 0 Å². The molecule has 0 spiro atoms. The van der Waals surface area contributed by atoms with Gasteiger partial charge in [-0.3, -0.25) is 9.78 Å². The van der Waals surface area contributed by atoms with E-state index in [-0.39, 0.29) is 12.4 Å². The van der Waals surface area contributed by atoms with E-state index in [1.54, 1.807) is 6.20 Å². The summed E-state index contributed by atoms with van der Waals surface area (Å²) in [4.78, 5) is 27.1. The number of rotatable bonds is 2. The zero-order valence-electron chi connectivity index (χ0n) is 15.1. The van der Waals surface area contributed by atoms with Gasteiger partial charge in [-0.05, 0) is 55.5 Å². The normalized spacial score (nSPS) is 18.9. The van der Waals surface area contributed by atoms with Crippen molar-refractivity contribution < 1.29 is 9.47 Å². The Morgan fingerprint density at radius 2 is 2.07 bits per heavy atom. The molecule has 7 heteroatoms. The van der Waals surface area contributed by atoms with Crippen molar-refractivity contribution >= 4 is 17.0 Å². The maximum atomic E-state index is 13.0. The summed E-state index contributed by atoms with van der Waals surface area (Å²) in [5.41, 5.74) is 1.94. The predicted molar refractivity (Wildman–Crippen MR) is 102 cm³/mol. The number of hydrogen-bond donors (Lipinski definition) is 1. The van der Waals surface area contributed by atoms with Crippen molar-refractivity contribution in [3.05, 3.63) is 40.8 Å². The summed E-state index contributed by atoms with van der Waals surface area (Å²) in [6.45, 7) is 3.28. The van der Waals surface area contributed by atoms with Gasteiger partial charge in [0.25, 0.3) is 5.56 Å². The van der Waals surface area contributed by atoms with E-state index in [0.717, 1.165) is 30.5 Å². The fourth-order valence-electron chi connectivity index (χ4n) is 3.91. The molecule has 0 radical (unpaired) electrons. The Kier molecular flexibility index (Phi) is 3.74. The third-order valence-corrected chi connectivity index (χ3v) is 5.35. The van der Waals surface area contributed by atoms with Crippen molar-refractivity contribution in [2.75, 3.05) is 18.2 Å². The zero-order valence-corrected chi connectivity index (χ0v) is 15.1. The van der Waals surface area contributed by atoms with Gasteiger partial charge in [0.1, 0.15) is 0 Å². The highest BCUT2D eigenvalue weighted by Crippen LogP contribution is 2.37. The molecule has 0 saturated carbocycles. The SMILES string of the molecule is CC1CCCCN1c1nc2nccc(-c3ccc4c(c3)OCO4)c2c(=O)[nH]1. The highest BCUT2D eigenvalue weighted by molar-refractivity contribution is 5.92. The summed E-state index contributed by atoms with van der Waals surface area (Å²) in [7, 11) is 0. The lowest BCUT2D eigenvalue weighted by molar-refractivity contribution is 0.174. The first kappa shape index (κ1) is 16.1. The Morgan fingerprint density at radius 3 is 2.96 bits per heavy atom. The molecule has 1 unspecified atom stereocenters. The van der Waals surface area contributed by atoms with Crippen LogP contribution in [0.1, 0.15) is 26.2 Å². The number of H-pyrrole nitrogens is 1. The van der Waals surface area contributed by atoms with E-state index >= 15 is 0 Å². The summed E-state index contributed by atoms with van der Waals surface area (Å²) in [5.74, 6) is 2.00. The van der Waals surface area contributed by atoms with Crippen LogP contribution < -0.4 is 19.9 Å². The molecule has 1 N–H and O–H groups in total. The molecule has 138 valence electrons. The van der Waals surface area contributed by atoms with Crippen LogP contribution >= 0.6 is 0 Å². The number of fused-ring (bicyclic) bond motifs is 2. The van der Waals surface area contributed by atoms with Crippen molar-refractivity contribution in [1.82, 2.24) is 15.0 Å².